The van der Waals surface area contributed by atoms with Crippen molar-refractivity contribution in [1.82, 2.24) is 5.32 Å². The Kier molecular flexibility index (Phi) is 3.54. The number of anilines is 1. The van der Waals surface area contributed by atoms with Crippen molar-refractivity contribution in [2.75, 3.05) is 11.9 Å². The van der Waals surface area contributed by atoms with E-state index in [4.69, 9.17) is 11.2 Å². The van der Waals surface area contributed by atoms with Crippen LogP contribution in [0.25, 0.3) is 0 Å². The smallest absolute Gasteiger partial charge is 0.262 e. The van der Waals surface area contributed by atoms with Crippen molar-refractivity contribution >= 4 is 11.6 Å². The van der Waals surface area contributed by atoms with Crippen molar-refractivity contribution in [3.63, 3.8) is 0 Å². The maximum absolute atomic E-state index is 11.3. The molecule has 0 saturated carbocycles. The lowest BCUT2D eigenvalue weighted by atomic mass is 10.1. The van der Waals surface area contributed by atoms with Crippen molar-refractivity contribution in [1.29, 1.82) is 0 Å². The standard InChI is InChI=1S/C14H16N2O2/c1-4-9(2)15-10(3)11-5-6-13-12(7-11)16-14(17)8-18-13/h1,5-7,9-10,15H,8H2,2-3H3,(H,16,17). The zero-order chi connectivity index (χ0) is 13.1. The van der Waals surface area contributed by atoms with Gasteiger partial charge in [-0.25, -0.2) is 0 Å². The van der Waals surface area contributed by atoms with Gasteiger partial charge in [0.2, 0.25) is 0 Å². The second kappa shape index (κ2) is 5.11. The molecule has 1 aliphatic heterocycles. The minimum Gasteiger partial charge on any atom is -0.482 e. The minimum absolute atomic E-state index is 0.00173. The fourth-order valence-electron chi connectivity index (χ4n) is 1.89. The third-order valence-corrected chi connectivity index (χ3v) is 2.89. The molecule has 18 heavy (non-hydrogen) atoms. The average Bonchev–Trinajstić information content (AvgIpc) is 2.37. The van der Waals surface area contributed by atoms with E-state index in [1.54, 1.807) is 0 Å². The number of hydrogen-bond donors (Lipinski definition) is 2. The Labute approximate surface area is 107 Å². The molecule has 2 N–H and O–H groups in total. The quantitative estimate of drug-likeness (QED) is 0.795. The van der Waals surface area contributed by atoms with Gasteiger partial charge in [0.15, 0.2) is 6.61 Å². The van der Waals surface area contributed by atoms with E-state index >= 15 is 0 Å². The predicted molar refractivity (Wildman–Crippen MR) is 70.4 cm³/mol. The minimum atomic E-state index is -0.128. The topological polar surface area (TPSA) is 50.4 Å². The molecule has 1 amide bonds. The van der Waals surface area contributed by atoms with Crippen molar-refractivity contribution in [2.45, 2.75) is 25.9 Å². The van der Waals surface area contributed by atoms with E-state index in [1.807, 2.05) is 32.0 Å². The number of nitrogens with one attached hydrogen (secondary N) is 2. The molecule has 4 heteroatoms. The molecule has 0 fully saturated rings. The lowest BCUT2D eigenvalue weighted by molar-refractivity contribution is -0.118. The van der Waals surface area contributed by atoms with Crippen LogP contribution in [0.3, 0.4) is 0 Å². The molecule has 0 saturated heterocycles. The molecule has 0 bridgehead atoms. The maximum atomic E-state index is 11.3. The molecule has 1 aliphatic rings. The Morgan fingerprint density at radius 2 is 2.28 bits per heavy atom. The van der Waals surface area contributed by atoms with Gasteiger partial charge in [-0.2, -0.15) is 0 Å². The molecular weight excluding hydrogens is 228 g/mol. The summed E-state index contributed by atoms with van der Waals surface area (Å²) in [6.07, 6.45) is 5.34. The summed E-state index contributed by atoms with van der Waals surface area (Å²) < 4.78 is 5.31. The first-order valence-electron chi connectivity index (χ1n) is 5.89. The monoisotopic (exact) mass is 244 g/mol. The molecule has 0 aliphatic carbocycles. The zero-order valence-electron chi connectivity index (χ0n) is 10.5. The van der Waals surface area contributed by atoms with E-state index in [0.29, 0.717) is 11.4 Å². The van der Waals surface area contributed by atoms with Gasteiger partial charge < -0.3 is 10.1 Å². The Bertz CT molecular complexity index is 505. The molecule has 94 valence electrons. The highest BCUT2D eigenvalue weighted by Gasteiger charge is 2.17. The van der Waals surface area contributed by atoms with Crippen LogP contribution in [0, 0.1) is 12.3 Å². The van der Waals surface area contributed by atoms with Gasteiger partial charge >= 0.3 is 0 Å². The Hall–Kier alpha value is -1.99. The van der Waals surface area contributed by atoms with Crippen molar-refractivity contribution < 1.29 is 9.53 Å². The van der Waals surface area contributed by atoms with Crippen LogP contribution in [0.4, 0.5) is 5.69 Å². The van der Waals surface area contributed by atoms with Crippen molar-refractivity contribution in [2.24, 2.45) is 0 Å². The van der Waals surface area contributed by atoms with E-state index in [9.17, 15) is 4.79 Å². The van der Waals surface area contributed by atoms with E-state index in [1.165, 1.54) is 0 Å². The van der Waals surface area contributed by atoms with Crippen LogP contribution in [-0.2, 0) is 4.79 Å². The van der Waals surface area contributed by atoms with Crippen LogP contribution in [0.15, 0.2) is 18.2 Å². The third kappa shape index (κ3) is 2.63. The van der Waals surface area contributed by atoms with Gasteiger partial charge in [0, 0.05) is 6.04 Å². The SMILES string of the molecule is C#CC(C)NC(C)c1ccc2c(c1)NC(=O)CO2. The summed E-state index contributed by atoms with van der Waals surface area (Å²) in [6.45, 7) is 4.04. The molecule has 2 atom stereocenters. The largest absolute Gasteiger partial charge is 0.482 e. The summed E-state index contributed by atoms with van der Waals surface area (Å²) in [5.74, 6) is 3.21. The Morgan fingerprint density at radius 3 is 3.00 bits per heavy atom. The molecule has 0 radical (unpaired) electrons. The highest BCUT2D eigenvalue weighted by atomic mass is 16.5. The van der Waals surface area contributed by atoms with Gasteiger partial charge in [-0.1, -0.05) is 12.0 Å². The molecule has 1 heterocycles. The Morgan fingerprint density at radius 1 is 1.50 bits per heavy atom. The number of rotatable bonds is 3. The molecule has 0 spiro atoms. The summed E-state index contributed by atoms with van der Waals surface area (Å²) in [5, 5.41) is 6.06. The second-order valence-corrected chi connectivity index (χ2v) is 4.37. The first kappa shape index (κ1) is 12.5. The normalized spacial score (nSPS) is 16.8. The number of fused-ring (bicyclic) bond motifs is 1. The van der Waals surface area contributed by atoms with Crippen LogP contribution in [0.5, 0.6) is 5.75 Å². The van der Waals surface area contributed by atoms with Gasteiger partial charge in [-0.05, 0) is 31.5 Å². The van der Waals surface area contributed by atoms with Crippen LogP contribution >= 0.6 is 0 Å². The second-order valence-electron chi connectivity index (χ2n) is 4.37. The lowest BCUT2D eigenvalue weighted by Crippen LogP contribution is -2.28. The van der Waals surface area contributed by atoms with E-state index in [2.05, 4.69) is 16.6 Å². The molecule has 2 rings (SSSR count). The van der Waals surface area contributed by atoms with Crippen LogP contribution in [-0.4, -0.2) is 18.6 Å². The summed E-state index contributed by atoms with van der Waals surface area (Å²) >= 11 is 0. The van der Waals surface area contributed by atoms with E-state index in [-0.39, 0.29) is 24.6 Å². The molecular formula is C14H16N2O2. The number of ether oxygens (including phenoxy) is 1. The number of hydrogen-bond acceptors (Lipinski definition) is 3. The van der Waals surface area contributed by atoms with Crippen molar-refractivity contribution in [3.8, 4) is 18.1 Å². The highest BCUT2D eigenvalue weighted by Crippen LogP contribution is 2.30. The molecule has 1 aromatic rings. The van der Waals surface area contributed by atoms with E-state index in [0.717, 1.165) is 5.56 Å². The van der Waals surface area contributed by atoms with Gasteiger partial charge in [0.05, 0.1) is 11.7 Å². The lowest BCUT2D eigenvalue weighted by Gasteiger charge is -2.21. The van der Waals surface area contributed by atoms with Gasteiger partial charge in [0.25, 0.3) is 5.91 Å². The summed E-state index contributed by atoms with van der Waals surface area (Å²) in [6, 6.07) is 5.86. The fourth-order valence-corrected chi connectivity index (χ4v) is 1.89. The summed E-state index contributed by atoms with van der Waals surface area (Å²) in [5.41, 5.74) is 1.77. The number of carbonyl (C=O) groups is 1. The zero-order valence-corrected chi connectivity index (χ0v) is 10.5. The molecule has 0 aromatic heterocycles. The third-order valence-electron chi connectivity index (χ3n) is 2.89. The number of carbonyl (C=O) groups excluding carboxylic acids is 1. The highest BCUT2D eigenvalue weighted by molar-refractivity contribution is 5.95. The average molecular weight is 244 g/mol. The first-order chi connectivity index (χ1) is 8.60. The Balaban J connectivity index is 2.18. The predicted octanol–water partition coefficient (Wildman–Crippen LogP) is 1.69. The molecule has 2 unspecified atom stereocenters. The first-order valence-corrected chi connectivity index (χ1v) is 5.89. The van der Waals surface area contributed by atoms with Gasteiger partial charge in [0.1, 0.15) is 5.75 Å². The fraction of sp³-hybridized carbons (Fsp3) is 0.357. The maximum Gasteiger partial charge on any atom is 0.262 e. The van der Waals surface area contributed by atoms with Gasteiger partial charge in [-0.15, -0.1) is 6.42 Å². The van der Waals surface area contributed by atoms with Crippen LogP contribution < -0.4 is 15.4 Å². The van der Waals surface area contributed by atoms with Crippen LogP contribution in [0.2, 0.25) is 0 Å². The van der Waals surface area contributed by atoms with Crippen LogP contribution in [0.1, 0.15) is 25.5 Å². The molecule has 4 nitrogen and oxygen atoms in total. The van der Waals surface area contributed by atoms with E-state index < -0.39 is 0 Å². The number of amides is 1. The number of terminal acetylenes is 1. The van der Waals surface area contributed by atoms with Crippen molar-refractivity contribution in [3.05, 3.63) is 23.8 Å². The van der Waals surface area contributed by atoms with Gasteiger partial charge in [-0.3, -0.25) is 10.1 Å². The summed E-state index contributed by atoms with van der Waals surface area (Å²) in [4.78, 5) is 11.3. The molecule has 1 aromatic carbocycles. The summed E-state index contributed by atoms with van der Waals surface area (Å²) in [7, 11) is 0. The number of benzene rings is 1.